The first kappa shape index (κ1) is 24.8. The highest BCUT2D eigenvalue weighted by atomic mass is 35.5. The number of carbonyl (C=O) groups is 1. The fraction of sp³-hybridized carbons (Fsp3) is 0.269. The van der Waals surface area contributed by atoms with Gasteiger partial charge in [0.1, 0.15) is 0 Å². The molecule has 0 spiro atoms. The number of amides is 1. The maximum absolute atomic E-state index is 15.1. The third-order valence-corrected chi connectivity index (χ3v) is 6.72. The van der Waals surface area contributed by atoms with Crippen LogP contribution < -0.4 is 10.1 Å². The predicted octanol–water partition coefficient (Wildman–Crippen LogP) is 6.99. The molecule has 1 saturated carbocycles. The van der Waals surface area contributed by atoms with Gasteiger partial charge in [-0.05, 0) is 60.9 Å². The van der Waals surface area contributed by atoms with Gasteiger partial charge < -0.3 is 15.2 Å². The lowest BCUT2D eigenvalue weighted by Gasteiger charge is -2.28. The number of halogens is 4. The molecule has 0 aromatic heterocycles. The molecule has 0 saturated heterocycles. The average molecular weight is 523 g/mol. The molecule has 1 fully saturated rings. The van der Waals surface area contributed by atoms with Gasteiger partial charge in [-0.15, -0.1) is 0 Å². The van der Waals surface area contributed by atoms with Crippen molar-refractivity contribution < 1.29 is 19.0 Å². The molecule has 3 aromatic rings. The smallest absolute Gasteiger partial charge is 0.251 e. The Hall–Kier alpha value is -2.31. The highest BCUT2D eigenvalue weighted by Gasteiger charge is 2.26. The van der Waals surface area contributed by atoms with E-state index in [9.17, 15) is 9.90 Å². The summed E-state index contributed by atoms with van der Waals surface area (Å²) in [5, 5.41) is 14.3. The number of benzene rings is 3. The summed E-state index contributed by atoms with van der Waals surface area (Å²) in [6, 6.07) is 15.6. The zero-order valence-electron chi connectivity index (χ0n) is 18.1. The van der Waals surface area contributed by atoms with Gasteiger partial charge in [0, 0.05) is 26.2 Å². The lowest BCUT2D eigenvalue weighted by Crippen LogP contribution is -2.45. The summed E-state index contributed by atoms with van der Waals surface area (Å²) in [5.41, 5.74) is 1.46. The summed E-state index contributed by atoms with van der Waals surface area (Å²) < 4.78 is 21.1. The first-order valence-electron chi connectivity index (χ1n) is 11.0. The van der Waals surface area contributed by atoms with Crippen molar-refractivity contribution in [1.29, 1.82) is 0 Å². The van der Waals surface area contributed by atoms with Crippen molar-refractivity contribution >= 4 is 40.7 Å². The number of aliphatic hydroxyl groups excluding tert-OH is 1. The van der Waals surface area contributed by atoms with Crippen LogP contribution in [0.5, 0.6) is 5.75 Å². The van der Waals surface area contributed by atoms with Crippen LogP contribution in [0.15, 0.2) is 60.7 Å². The van der Waals surface area contributed by atoms with Crippen LogP contribution in [-0.4, -0.2) is 23.2 Å². The van der Waals surface area contributed by atoms with Crippen molar-refractivity contribution in [3.05, 3.63) is 98.2 Å². The molecule has 3 unspecified atom stereocenters. The minimum Gasteiger partial charge on any atom is -0.478 e. The Morgan fingerprint density at radius 3 is 2.35 bits per heavy atom. The van der Waals surface area contributed by atoms with Crippen molar-refractivity contribution in [1.82, 2.24) is 5.32 Å². The molecule has 0 aliphatic heterocycles. The van der Waals surface area contributed by atoms with E-state index in [1.165, 1.54) is 12.1 Å². The van der Waals surface area contributed by atoms with Crippen molar-refractivity contribution in [2.45, 2.75) is 43.9 Å². The van der Waals surface area contributed by atoms with Gasteiger partial charge in [0.15, 0.2) is 17.7 Å². The van der Waals surface area contributed by atoms with Crippen LogP contribution in [0, 0.1) is 5.82 Å². The Labute approximate surface area is 212 Å². The Balaban J connectivity index is 1.59. The van der Waals surface area contributed by atoms with Crippen LogP contribution in [0.3, 0.4) is 0 Å². The number of carbonyl (C=O) groups excluding carboxylic acids is 1. The van der Waals surface area contributed by atoms with Gasteiger partial charge in [-0.3, -0.25) is 4.79 Å². The van der Waals surface area contributed by atoms with E-state index >= 15 is 4.39 Å². The molecule has 34 heavy (non-hydrogen) atoms. The second-order valence-corrected chi connectivity index (χ2v) is 9.57. The normalized spacial score (nSPS) is 18.9. The molecular weight excluding hydrogens is 500 g/mol. The molecule has 0 radical (unpaired) electrons. The molecule has 0 heterocycles. The second-order valence-electron chi connectivity index (χ2n) is 8.29. The maximum atomic E-state index is 15.1. The number of hydrogen-bond donors (Lipinski definition) is 2. The predicted molar refractivity (Wildman–Crippen MR) is 133 cm³/mol. The minimum atomic E-state index is -0.742. The standard InChI is InChI=1S/C26H23Cl3FNO3/c27-17-8-5-15(6-9-17)25(19-11-10-18(28)14-20(19)29)34-24-12-7-16(13-21(24)30)26(33)31-22-3-1-2-4-23(22)32/h5-14,22-23,25,32H,1-4H2,(H,31,33). The van der Waals surface area contributed by atoms with E-state index in [0.29, 0.717) is 39.0 Å². The molecule has 4 nitrogen and oxygen atoms in total. The molecule has 8 heteroatoms. The van der Waals surface area contributed by atoms with Crippen molar-refractivity contribution in [2.24, 2.45) is 0 Å². The first-order valence-corrected chi connectivity index (χ1v) is 12.1. The van der Waals surface area contributed by atoms with Gasteiger partial charge in [0.2, 0.25) is 0 Å². The first-order chi connectivity index (χ1) is 16.3. The Morgan fingerprint density at radius 2 is 1.68 bits per heavy atom. The number of rotatable bonds is 6. The van der Waals surface area contributed by atoms with Crippen LogP contribution in [0.4, 0.5) is 4.39 Å². The van der Waals surface area contributed by atoms with E-state index in [0.717, 1.165) is 18.9 Å². The molecule has 3 aromatic carbocycles. The van der Waals surface area contributed by atoms with Gasteiger partial charge in [-0.25, -0.2) is 4.39 Å². The maximum Gasteiger partial charge on any atom is 0.251 e. The SMILES string of the molecule is O=C(NC1CCCCC1O)c1ccc(OC(c2ccc(Cl)cc2)c2ccc(Cl)cc2Cl)c(F)c1. The highest BCUT2D eigenvalue weighted by Crippen LogP contribution is 2.35. The van der Waals surface area contributed by atoms with Crippen LogP contribution in [0.2, 0.25) is 15.1 Å². The van der Waals surface area contributed by atoms with Gasteiger partial charge in [-0.1, -0.05) is 65.8 Å². The fourth-order valence-corrected chi connectivity index (χ4v) is 4.69. The molecule has 1 aliphatic rings. The van der Waals surface area contributed by atoms with Crippen LogP contribution in [-0.2, 0) is 0 Å². The zero-order chi connectivity index (χ0) is 24.2. The number of ether oxygens (including phenoxy) is 1. The number of aliphatic hydroxyl groups is 1. The summed E-state index contributed by atoms with van der Waals surface area (Å²) in [5.74, 6) is -1.17. The lowest BCUT2D eigenvalue weighted by molar-refractivity contribution is 0.0717. The Bertz CT molecular complexity index is 1170. The molecule has 3 atom stereocenters. The monoisotopic (exact) mass is 521 g/mol. The number of hydrogen-bond acceptors (Lipinski definition) is 3. The third-order valence-electron chi connectivity index (χ3n) is 5.90. The van der Waals surface area contributed by atoms with Gasteiger partial charge in [0.05, 0.1) is 12.1 Å². The quantitative estimate of drug-likeness (QED) is 0.367. The van der Waals surface area contributed by atoms with E-state index in [1.807, 2.05) is 0 Å². The zero-order valence-corrected chi connectivity index (χ0v) is 20.4. The van der Waals surface area contributed by atoms with Gasteiger partial charge >= 0.3 is 0 Å². The molecule has 2 N–H and O–H groups in total. The number of nitrogens with one attached hydrogen (secondary N) is 1. The Kier molecular flexibility index (Phi) is 7.99. The molecule has 1 amide bonds. The molecular formula is C26H23Cl3FNO3. The van der Waals surface area contributed by atoms with Gasteiger partial charge in [-0.2, -0.15) is 0 Å². The van der Waals surface area contributed by atoms with Crippen LogP contribution in [0.1, 0.15) is 53.3 Å². The lowest BCUT2D eigenvalue weighted by atomic mass is 9.92. The average Bonchev–Trinajstić information content (AvgIpc) is 2.81. The van der Waals surface area contributed by atoms with E-state index in [-0.39, 0.29) is 17.4 Å². The third kappa shape index (κ3) is 5.84. The topological polar surface area (TPSA) is 58.6 Å². The van der Waals surface area contributed by atoms with Gasteiger partial charge in [0.25, 0.3) is 5.91 Å². The Morgan fingerprint density at radius 1 is 0.971 bits per heavy atom. The summed E-state index contributed by atoms with van der Waals surface area (Å²) in [6.45, 7) is 0. The molecule has 0 bridgehead atoms. The highest BCUT2D eigenvalue weighted by molar-refractivity contribution is 6.35. The summed E-state index contributed by atoms with van der Waals surface area (Å²) in [7, 11) is 0. The largest absolute Gasteiger partial charge is 0.478 e. The molecule has 4 rings (SSSR count). The van der Waals surface area contributed by atoms with Crippen molar-refractivity contribution in [3.8, 4) is 5.75 Å². The fourth-order valence-electron chi connectivity index (χ4n) is 4.06. The van der Waals surface area contributed by atoms with E-state index in [4.69, 9.17) is 39.5 Å². The van der Waals surface area contributed by atoms with Crippen molar-refractivity contribution in [3.63, 3.8) is 0 Å². The summed E-state index contributed by atoms with van der Waals surface area (Å²) >= 11 is 18.5. The second kappa shape index (κ2) is 11.0. The van der Waals surface area contributed by atoms with E-state index in [1.54, 1.807) is 42.5 Å². The summed E-state index contributed by atoms with van der Waals surface area (Å²) in [6.07, 6.45) is 1.87. The van der Waals surface area contributed by atoms with Crippen molar-refractivity contribution in [2.75, 3.05) is 0 Å². The van der Waals surface area contributed by atoms with Crippen LogP contribution >= 0.6 is 34.8 Å². The minimum absolute atomic E-state index is 0.0415. The summed E-state index contributed by atoms with van der Waals surface area (Å²) in [4.78, 5) is 12.6. The van der Waals surface area contributed by atoms with E-state index in [2.05, 4.69) is 5.32 Å². The molecule has 178 valence electrons. The van der Waals surface area contributed by atoms with Crippen LogP contribution in [0.25, 0.3) is 0 Å². The molecule has 1 aliphatic carbocycles. The van der Waals surface area contributed by atoms with E-state index < -0.39 is 23.9 Å².